The maximum atomic E-state index is 11.3. The van der Waals surface area contributed by atoms with Crippen molar-refractivity contribution < 1.29 is 9.53 Å². The number of nitrogens with zero attached hydrogens (tertiary/aromatic N) is 1. The van der Waals surface area contributed by atoms with Crippen LogP contribution in [-0.2, 0) is 4.74 Å². The van der Waals surface area contributed by atoms with Crippen LogP contribution in [0.3, 0.4) is 0 Å². The van der Waals surface area contributed by atoms with Crippen molar-refractivity contribution in [3.8, 4) is 0 Å². The second kappa shape index (κ2) is 5.41. The molecule has 1 aromatic carbocycles. The minimum Gasteiger partial charge on any atom is -0.465 e. The molecule has 6 heteroatoms. The van der Waals surface area contributed by atoms with Crippen molar-refractivity contribution in [3.05, 3.63) is 34.8 Å². The molecule has 0 spiro atoms. The van der Waals surface area contributed by atoms with Gasteiger partial charge >= 0.3 is 5.97 Å². The van der Waals surface area contributed by atoms with E-state index in [1.165, 1.54) is 18.9 Å². The summed E-state index contributed by atoms with van der Waals surface area (Å²) in [5.74, 6) is -0.386. The molecule has 0 aliphatic heterocycles. The number of aryl methyl sites for hydroxylation is 1. The first-order valence-electron chi connectivity index (χ1n) is 5.18. The molecule has 4 nitrogen and oxygen atoms in total. The van der Waals surface area contributed by atoms with Crippen LogP contribution in [0.2, 0.25) is 0 Å². The number of nitrogens with two attached hydrogens (primary N) is 1. The van der Waals surface area contributed by atoms with E-state index in [-0.39, 0.29) is 5.97 Å². The first-order valence-corrected chi connectivity index (χ1v) is 6.87. The Hall–Kier alpha value is -1.53. The van der Waals surface area contributed by atoms with Gasteiger partial charge in [-0.3, -0.25) is 0 Å². The summed E-state index contributed by atoms with van der Waals surface area (Å²) in [4.78, 5) is 16.6. The van der Waals surface area contributed by atoms with Crippen molar-refractivity contribution in [1.29, 1.82) is 0 Å². The maximum absolute atomic E-state index is 11.3. The van der Waals surface area contributed by atoms with E-state index in [0.29, 0.717) is 11.3 Å². The average molecular weight is 280 g/mol. The summed E-state index contributed by atoms with van der Waals surface area (Å²) in [6.07, 6.45) is 0. The van der Waals surface area contributed by atoms with E-state index in [0.717, 1.165) is 14.9 Å². The van der Waals surface area contributed by atoms with Gasteiger partial charge < -0.3 is 10.5 Å². The van der Waals surface area contributed by atoms with E-state index in [9.17, 15) is 4.79 Å². The van der Waals surface area contributed by atoms with Gasteiger partial charge in [0.05, 0.1) is 12.7 Å². The quantitative estimate of drug-likeness (QED) is 0.691. The van der Waals surface area contributed by atoms with Crippen molar-refractivity contribution >= 4 is 34.8 Å². The predicted octanol–water partition coefficient (Wildman–Crippen LogP) is 2.97. The molecule has 0 saturated carbocycles. The summed E-state index contributed by atoms with van der Waals surface area (Å²) in [5, 5.41) is 1.99. The molecule has 0 atom stereocenters. The fourth-order valence-electron chi connectivity index (χ4n) is 1.36. The summed E-state index contributed by atoms with van der Waals surface area (Å²) in [5.41, 5.74) is 7.91. The monoisotopic (exact) mass is 280 g/mol. The van der Waals surface area contributed by atoms with E-state index in [2.05, 4.69) is 9.72 Å². The van der Waals surface area contributed by atoms with Gasteiger partial charge in [0.1, 0.15) is 0 Å². The standard InChI is InChI=1S/C12H12N2O2S2/c1-7-6-17-12(14-7)18-10-4-3-8(5-9(10)13)11(15)16-2/h3-6H,13H2,1-2H3. The number of thiazole rings is 1. The number of rotatable bonds is 3. The molecule has 0 aliphatic carbocycles. The molecule has 18 heavy (non-hydrogen) atoms. The number of carbonyl (C=O) groups is 1. The summed E-state index contributed by atoms with van der Waals surface area (Å²) in [6.45, 7) is 1.95. The van der Waals surface area contributed by atoms with Crippen molar-refractivity contribution in [2.45, 2.75) is 16.2 Å². The zero-order valence-electron chi connectivity index (χ0n) is 9.97. The zero-order valence-corrected chi connectivity index (χ0v) is 11.6. The van der Waals surface area contributed by atoms with E-state index in [1.807, 2.05) is 18.4 Å². The molecule has 0 amide bonds. The van der Waals surface area contributed by atoms with Gasteiger partial charge in [0.15, 0.2) is 4.34 Å². The van der Waals surface area contributed by atoms with E-state index >= 15 is 0 Å². The number of benzene rings is 1. The largest absolute Gasteiger partial charge is 0.465 e. The van der Waals surface area contributed by atoms with Gasteiger partial charge in [-0.2, -0.15) is 0 Å². The molecule has 0 fully saturated rings. The number of carbonyl (C=O) groups excluding carboxylic acids is 1. The third-order valence-electron chi connectivity index (χ3n) is 2.23. The normalized spacial score (nSPS) is 10.3. The molecule has 2 aromatic rings. The van der Waals surface area contributed by atoms with Crippen LogP contribution in [0.15, 0.2) is 32.8 Å². The second-order valence-corrected chi connectivity index (χ2v) is 5.75. The first-order chi connectivity index (χ1) is 8.60. The molecule has 2 N–H and O–H groups in total. The Morgan fingerprint density at radius 1 is 1.50 bits per heavy atom. The Bertz CT molecular complexity index is 581. The molecular weight excluding hydrogens is 268 g/mol. The third kappa shape index (κ3) is 2.83. The number of hydrogen-bond acceptors (Lipinski definition) is 6. The van der Waals surface area contributed by atoms with Crippen LogP contribution in [-0.4, -0.2) is 18.1 Å². The van der Waals surface area contributed by atoms with Crippen LogP contribution in [0.4, 0.5) is 5.69 Å². The highest BCUT2D eigenvalue weighted by molar-refractivity contribution is 8.01. The summed E-state index contributed by atoms with van der Waals surface area (Å²) in [7, 11) is 1.35. The Labute approximate surface area is 113 Å². The molecule has 1 heterocycles. The zero-order chi connectivity index (χ0) is 13.1. The summed E-state index contributed by atoms with van der Waals surface area (Å²) < 4.78 is 5.58. The van der Waals surface area contributed by atoms with Crippen LogP contribution >= 0.6 is 23.1 Å². The SMILES string of the molecule is COC(=O)c1ccc(Sc2nc(C)cs2)c(N)c1. The molecule has 2 rings (SSSR count). The predicted molar refractivity (Wildman–Crippen MR) is 73.2 cm³/mol. The third-order valence-corrected chi connectivity index (χ3v) is 4.37. The fraction of sp³-hybridized carbons (Fsp3) is 0.167. The molecule has 0 radical (unpaired) electrons. The second-order valence-electron chi connectivity index (χ2n) is 3.60. The van der Waals surface area contributed by atoms with Crippen molar-refractivity contribution in [3.63, 3.8) is 0 Å². The highest BCUT2D eigenvalue weighted by atomic mass is 32.2. The van der Waals surface area contributed by atoms with Gasteiger partial charge in [-0.25, -0.2) is 9.78 Å². The van der Waals surface area contributed by atoms with Gasteiger partial charge in [-0.15, -0.1) is 11.3 Å². The molecule has 0 saturated heterocycles. The number of nitrogen functional groups attached to an aromatic ring is 1. The smallest absolute Gasteiger partial charge is 0.337 e. The van der Waals surface area contributed by atoms with Gasteiger partial charge in [-0.1, -0.05) is 11.8 Å². The highest BCUT2D eigenvalue weighted by Gasteiger charge is 2.10. The minimum absolute atomic E-state index is 0.386. The van der Waals surface area contributed by atoms with Gasteiger partial charge in [-0.05, 0) is 25.1 Å². The molecule has 0 bridgehead atoms. The minimum atomic E-state index is -0.386. The summed E-state index contributed by atoms with van der Waals surface area (Å²) in [6, 6.07) is 5.13. The Morgan fingerprint density at radius 3 is 2.83 bits per heavy atom. The lowest BCUT2D eigenvalue weighted by Crippen LogP contribution is -2.02. The van der Waals surface area contributed by atoms with Crippen LogP contribution in [0.1, 0.15) is 16.1 Å². The molecule has 0 aliphatic rings. The van der Waals surface area contributed by atoms with Crippen LogP contribution < -0.4 is 5.73 Å². The number of aromatic nitrogens is 1. The lowest BCUT2D eigenvalue weighted by atomic mass is 10.2. The molecule has 94 valence electrons. The van der Waals surface area contributed by atoms with Crippen molar-refractivity contribution in [1.82, 2.24) is 4.98 Å². The number of hydrogen-bond donors (Lipinski definition) is 1. The Balaban J connectivity index is 2.22. The number of anilines is 1. The van der Waals surface area contributed by atoms with Gasteiger partial charge in [0.25, 0.3) is 0 Å². The maximum Gasteiger partial charge on any atom is 0.337 e. The van der Waals surface area contributed by atoms with E-state index < -0.39 is 0 Å². The van der Waals surface area contributed by atoms with Crippen LogP contribution in [0, 0.1) is 6.92 Å². The van der Waals surface area contributed by atoms with Crippen LogP contribution in [0.5, 0.6) is 0 Å². The lowest BCUT2D eigenvalue weighted by molar-refractivity contribution is 0.0600. The van der Waals surface area contributed by atoms with Gasteiger partial charge in [0.2, 0.25) is 0 Å². The van der Waals surface area contributed by atoms with Crippen molar-refractivity contribution in [2.75, 3.05) is 12.8 Å². The fourth-order valence-corrected chi connectivity index (χ4v) is 3.18. The number of methoxy groups -OCH3 is 1. The van der Waals surface area contributed by atoms with Crippen molar-refractivity contribution in [2.24, 2.45) is 0 Å². The number of ether oxygens (including phenoxy) is 1. The van der Waals surface area contributed by atoms with E-state index in [4.69, 9.17) is 5.73 Å². The van der Waals surface area contributed by atoms with Gasteiger partial charge in [0, 0.05) is 21.7 Å². The van der Waals surface area contributed by atoms with E-state index in [1.54, 1.807) is 23.5 Å². The topological polar surface area (TPSA) is 65.2 Å². The Morgan fingerprint density at radius 2 is 2.28 bits per heavy atom. The Kier molecular flexibility index (Phi) is 3.88. The summed E-state index contributed by atoms with van der Waals surface area (Å²) >= 11 is 3.07. The lowest BCUT2D eigenvalue weighted by Gasteiger charge is -2.05. The molecule has 1 aromatic heterocycles. The highest BCUT2D eigenvalue weighted by Crippen LogP contribution is 2.34. The first kappa shape index (κ1) is 12.9. The number of esters is 1. The average Bonchev–Trinajstić information content (AvgIpc) is 2.76. The van der Waals surface area contributed by atoms with Crippen LogP contribution in [0.25, 0.3) is 0 Å². The molecular formula is C12H12N2O2S2. The molecule has 0 unspecified atom stereocenters.